The van der Waals surface area contributed by atoms with Gasteiger partial charge in [-0.05, 0) is 71.8 Å². The molecule has 0 fully saturated rings. The molecule has 0 spiro atoms. The van der Waals surface area contributed by atoms with E-state index in [9.17, 15) is 0 Å². The van der Waals surface area contributed by atoms with Gasteiger partial charge in [0.05, 0.1) is 39.1 Å². The summed E-state index contributed by atoms with van der Waals surface area (Å²) in [5.74, 6) is 0. The maximum Gasteiger partial charge on any atom is 0.0972 e. The number of hydrogen-bond acceptors (Lipinski definition) is 5. The Bertz CT molecular complexity index is 2580. The first-order valence-electron chi connectivity index (χ1n) is 15.2. The normalized spacial score (nSPS) is 11.5. The van der Waals surface area contributed by atoms with Crippen LogP contribution in [0.2, 0.25) is 0 Å². The molecular formula is C41H25N5. The van der Waals surface area contributed by atoms with E-state index in [4.69, 9.17) is 15.0 Å². The summed E-state index contributed by atoms with van der Waals surface area (Å²) in [6.07, 6.45) is 5.41. The monoisotopic (exact) mass is 587 g/mol. The van der Waals surface area contributed by atoms with Crippen molar-refractivity contribution in [3.8, 4) is 44.9 Å². The van der Waals surface area contributed by atoms with E-state index in [2.05, 4.69) is 125 Å². The zero-order chi connectivity index (χ0) is 30.5. The van der Waals surface area contributed by atoms with E-state index < -0.39 is 0 Å². The summed E-state index contributed by atoms with van der Waals surface area (Å²) in [6, 6.07) is 46.2. The molecule has 0 bridgehead atoms. The predicted octanol–water partition coefficient (Wildman–Crippen LogP) is 9.94. The molecule has 5 aromatic heterocycles. The van der Waals surface area contributed by atoms with Gasteiger partial charge >= 0.3 is 0 Å². The van der Waals surface area contributed by atoms with Crippen molar-refractivity contribution in [2.75, 3.05) is 0 Å². The van der Waals surface area contributed by atoms with Crippen molar-refractivity contribution in [3.05, 3.63) is 152 Å². The Morgan fingerprint density at radius 2 is 0.804 bits per heavy atom. The SMILES string of the molecule is c1cnc2c(c1)ccc1ccc(-c3ccc(-c4ccc5cc(-c6ccc7nc(-c8ccncc8)ccc7c6)ccc5n4)cc3)nc12. The zero-order valence-corrected chi connectivity index (χ0v) is 24.7. The Kier molecular flexibility index (Phi) is 6.06. The summed E-state index contributed by atoms with van der Waals surface area (Å²) in [6.45, 7) is 0. The van der Waals surface area contributed by atoms with Gasteiger partial charge in [0.1, 0.15) is 0 Å². The van der Waals surface area contributed by atoms with Gasteiger partial charge in [-0.3, -0.25) is 9.97 Å². The molecule has 214 valence electrons. The Labute approximate surface area is 264 Å². The third-order valence-electron chi connectivity index (χ3n) is 8.60. The highest BCUT2D eigenvalue weighted by Gasteiger charge is 2.09. The summed E-state index contributed by atoms with van der Waals surface area (Å²) in [7, 11) is 0. The van der Waals surface area contributed by atoms with Crippen LogP contribution in [-0.2, 0) is 0 Å². The average molecular weight is 588 g/mol. The summed E-state index contributed by atoms with van der Waals surface area (Å²) >= 11 is 0. The largest absolute Gasteiger partial charge is 0.265 e. The van der Waals surface area contributed by atoms with E-state index in [1.807, 2.05) is 24.4 Å². The fourth-order valence-electron chi connectivity index (χ4n) is 6.15. The molecule has 0 saturated carbocycles. The van der Waals surface area contributed by atoms with Crippen LogP contribution in [0.15, 0.2) is 152 Å². The van der Waals surface area contributed by atoms with Crippen molar-refractivity contribution in [3.63, 3.8) is 0 Å². The lowest BCUT2D eigenvalue weighted by Gasteiger charge is -2.09. The zero-order valence-electron chi connectivity index (χ0n) is 24.7. The molecule has 46 heavy (non-hydrogen) atoms. The van der Waals surface area contributed by atoms with Gasteiger partial charge in [0.15, 0.2) is 0 Å². The van der Waals surface area contributed by atoms with Crippen molar-refractivity contribution < 1.29 is 0 Å². The van der Waals surface area contributed by atoms with Gasteiger partial charge in [0, 0.05) is 56.8 Å². The first-order chi connectivity index (χ1) is 22.7. The topological polar surface area (TPSA) is 64.5 Å². The van der Waals surface area contributed by atoms with Crippen LogP contribution in [0.3, 0.4) is 0 Å². The van der Waals surface area contributed by atoms with Crippen LogP contribution in [-0.4, -0.2) is 24.9 Å². The lowest BCUT2D eigenvalue weighted by Crippen LogP contribution is -1.90. The van der Waals surface area contributed by atoms with Crippen molar-refractivity contribution >= 4 is 43.6 Å². The molecule has 0 atom stereocenters. The van der Waals surface area contributed by atoms with E-state index in [-0.39, 0.29) is 0 Å². The minimum absolute atomic E-state index is 0.922. The molecule has 5 heterocycles. The number of nitrogens with zero attached hydrogens (tertiary/aromatic N) is 5. The van der Waals surface area contributed by atoms with Crippen molar-refractivity contribution in [1.29, 1.82) is 0 Å². The second-order valence-electron chi connectivity index (χ2n) is 11.4. The van der Waals surface area contributed by atoms with Crippen molar-refractivity contribution in [2.24, 2.45) is 0 Å². The number of aromatic nitrogens is 5. The molecule has 0 aliphatic heterocycles. The molecule has 0 radical (unpaired) electrons. The second-order valence-corrected chi connectivity index (χ2v) is 11.4. The fraction of sp³-hybridized carbons (Fsp3) is 0. The van der Waals surface area contributed by atoms with Gasteiger partial charge in [-0.2, -0.15) is 0 Å². The molecule has 4 aromatic carbocycles. The van der Waals surface area contributed by atoms with Crippen molar-refractivity contribution in [2.45, 2.75) is 0 Å². The maximum absolute atomic E-state index is 5.01. The highest BCUT2D eigenvalue weighted by atomic mass is 14.8. The van der Waals surface area contributed by atoms with E-state index >= 15 is 0 Å². The standard InChI is InChI=1S/C41H25N5/c1-2-29-7-8-30-9-14-37(46-41(30)40(29)43-21-1)27-5-3-26(4-6-27)35-17-12-33-24-31(10-15-38(33)44-35)32-11-16-39-34(25-32)13-18-36(45-39)28-19-22-42-23-20-28/h1-25H. The lowest BCUT2D eigenvalue weighted by molar-refractivity contribution is 1.31. The Morgan fingerprint density at radius 1 is 0.326 bits per heavy atom. The molecule has 5 nitrogen and oxygen atoms in total. The average Bonchev–Trinajstić information content (AvgIpc) is 3.14. The van der Waals surface area contributed by atoms with Crippen LogP contribution in [0.25, 0.3) is 88.5 Å². The van der Waals surface area contributed by atoms with Crippen molar-refractivity contribution in [1.82, 2.24) is 24.9 Å². The van der Waals surface area contributed by atoms with Gasteiger partial charge < -0.3 is 0 Å². The first-order valence-corrected chi connectivity index (χ1v) is 15.2. The van der Waals surface area contributed by atoms with E-state index in [0.717, 1.165) is 88.5 Å². The lowest BCUT2D eigenvalue weighted by atomic mass is 10.00. The smallest absolute Gasteiger partial charge is 0.0972 e. The quantitative estimate of drug-likeness (QED) is 0.192. The van der Waals surface area contributed by atoms with Crippen LogP contribution in [0, 0.1) is 0 Å². The van der Waals surface area contributed by atoms with E-state index in [1.54, 1.807) is 12.4 Å². The van der Waals surface area contributed by atoms with Gasteiger partial charge in [-0.15, -0.1) is 0 Å². The van der Waals surface area contributed by atoms with Crippen LogP contribution in [0.4, 0.5) is 0 Å². The number of pyridine rings is 5. The molecule has 9 rings (SSSR count). The van der Waals surface area contributed by atoms with Crippen LogP contribution in [0.5, 0.6) is 0 Å². The molecule has 0 aliphatic rings. The Balaban J connectivity index is 0.993. The van der Waals surface area contributed by atoms with Crippen LogP contribution >= 0.6 is 0 Å². The molecular weight excluding hydrogens is 562 g/mol. The summed E-state index contributed by atoms with van der Waals surface area (Å²) in [5.41, 5.74) is 12.1. The highest BCUT2D eigenvalue weighted by Crippen LogP contribution is 2.31. The Hall–Kier alpha value is -6.33. The molecule has 0 amide bonds. The van der Waals surface area contributed by atoms with Gasteiger partial charge in [0.2, 0.25) is 0 Å². The number of fused-ring (bicyclic) bond motifs is 5. The first kappa shape index (κ1) is 26.1. The number of hydrogen-bond donors (Lipinski definition) is 0. The van der Waals surface area contributed by atoms with E-state index in [0.29, 0.717) is 0 Å². The predicted molar refractivity (Wildman–Crippen MR) is 187 cm³/mol. The number of benzene rings is 4. The molecule has 0 unspecified atom stereocenters. The van der Waals surface area contributed by atoms with Gasteiger partial charge in [0.25, 0.3) is 0 Å². The maximum atomic E-state index is 5.01. The third kappa shape index (κ3) is 4.62. The highest BCUT2D eigenvalue weighted by molar-refractivity contribution is 6.03. The third-order valence-corrected chi connectivity index (χ3v) is 8.60. The van der Waals surface area contributed by atoms with Gasteiger partial charge in [-0.25, -0.2) is 15.0 Å². The summed E-state index contributed by atoms with van der Waals surface area (Å²) in [5, 5.41) is 4.39. The van der Waals surface area contributed by atoms with Crippen LogP contribution < -0.4 is 0 Å². The molecule has 0 N–H and O–H groups in total. The summed E-state index contributed by atoms with van der Waals surface area (Å²) < 4.78 is 0. The Morgan fingerprint density at radius 3 is 1.41 bits per heavy atom. The fourth-order valence-corrected chi connectivity index (χ4v) is 6.15. The summed E-state index contributed by atoms with van der Waals surface area (Å²) in [4.78, 5) is 23.6. The van der Waals surface area contributed by atoms with Gasteiger partial charge in [-0.1, -0.05) is 72.8 Å². The minimum Gasteiger partial charge on any atom is -0.265 e. The second kappa shape index (κ2) is 10.7. The van der Waals surface area contributed by atoms with E-state index in [1.165, 1.54) is 0 Å². The molecule has 5 heteroatoms. The number of rotatable bonds is 4. The molecule has 0 saturated heterocycles. The minimum atomic E-state index is 0.922. The molecule has 9 aromatic rings. The molecule has 0 aliphatic carbocycles. The van der Waals surface area contributed by atoms with Crippen LogP contribution in [0.1, 0.15) is 0 Å².